The van der Waals surface area contributed by atoms with Gasteiger partial charge in [0, 0.05) is 5.56 Å². The van der Waals surface area contributed by atoms with Gasteiger partial charge in [0.25, 0.3) is 0 Å². The largest absolute Gasteiger partial charge is 0.494 e. The molecular formula is C41H32F2O2. The number of hydrogen-bond donors (Lipinski definition) is 0. The maximum atomic E-state index is 14.1. The van der Waals surface area contributed by atoms with Gasteiger partial charge in [-0.15, -0.1) is 0 Å². The van der Waals surface area contributed by atoms with Crippen molar-refractivity contribution in [2.45, 2.75) is 18.3 Å². The van der Waals surface area contributed by atoms with Gasteiger partial charge in [0.1, 0.15) is 17.4 Å². The van der Waals surface area contributed by atoms with Gasteiger partial charge in [-0.1, -0.05) is 133 Å². The number of ketones is 1. The van der Waals surface area contributed by atoms with Crippen molar-refractivity contribution in [3.8, 4) is 5.75 Å². The Morgan fingerprint density at radius 2 is 1.00 bits per heavy atom. The van der Waals surface area contributed by atoms with Crippen LogP contribution in [0.5, 0.6) is 5.75 Å². The van der Waals surface area contributed by atoms with E-state index in [-0.39, 0.29) is 5.56 Å². The molecule has 0 aliphatic carbocycles. The Balaban J connectivity index is 1.16. The topological polar surface area (TPSA) is 26.3 Å². The van der Waals surface area contributed by atoms with Crippen molar-refractivity contribution in [3.05, 3.63) is 208 Å². The van der Waals surface area contributed by atoms with Crippen LogP contribution in [0.3, 0.4) is 0 Å². The molecule has 0 aliphatic heterocycles. The number of rotatable bonds is 11. The Morgan fingerprint density at radius 3 is 1.49 bits per heavy atom. The van der Waals surface area contributed by atoms with E-state index in [0.717, 1.165) is 41.9 Å². The van der Waals surface area contributed by atoms with Crippen LogP contribution in [0.25, 0.3) is 0 Å². The molecule has 0 spiro atoms. The molecular weight excluding hydrogens is 562 g/mol. The highest BCUT2D eigenvalue weighted by molar-refractivity contribution is 6.09. The van der Waals surface area contributed by atoms with Gasteiger partial charge in [0.05, 0.1) is 17.6 Å². The fourth-order valence-corrected chi connectivity index (χ4v) is 6.01. The van der Waals surface area contributed by atoms with Gasteiger partial charge in [0.2, 0.25) is 0 Å². The summed E-state index contributed by atoms with van der Waals surface area (Å²) in [4.78, 5) is 12.6. The van der Waals surface area contributed by atoms with E-state index < -0.39 is 28.4 Å². The molecule has 222 valence electrons. The smallest absolute Gasteiger partial charge is 0.198 e. The number of carbonyl (C=O) groups is 1. The molecule has 0 fully saturated rings. The van der Waals surface area contributed by atoms with Crippen molar-refractivity contribution in [1.82, 2.24) is 0 Å². The van der Waals surface area contributed by atoms with Crippen LogP contribution in [0.1, 0.15) is 50.2 Å². The molecule has 0 amide bonds. The van der Waals surface area contributed by atoms with Crippen LogP contribution >= 0.6 is 0 Å². The Labute approximate surface area is 262 Å². The van der Waals surface area contributed by atoms with Gasteiger partial charge < -0.3 is 4.74 Å². The molecule has 0 bridgehead atoms. The molecule has 0 N–H and O–H groups in total. The van der Waals surface area contributed by atoms with E-state index in [9.17, 15) is 13.6 Å². The zero-order valence-corrected chi connectivity index (χ0v) is 24.7. The third kappa shape index (κ3) is 6.18. The lowest BCUT2D eigenvalue weighted by molar-refractivity contribution is 0.103. The van der Waals surface area contributed by atoms with Crippen LogP contribution in [0.2, 0.25) is 0 Å². The van der Waals surface area contributed by atoms with Crippen LogP contribution < -0.4 is 4.74 Å². The van der Waals surface area contributed by atoms with E-state index in [4.69, 9.17) is 4.74 Å². The second-order valence-corrected chi connectivity index (χ2v) is 10.9. The first-order valence-corrected chi connectivity index (χ1v) is 15.0. The van der Waals surface area contributed by atoms with Crippen molar-refractivity contribution >= 4 is 5.78 Å². The van der Waals surface area contributed by atoms with Gasteiger partial charge in [-0.25, -0.2) is 8.78 Å². The summed E-state index contributed by atoms with van der Waals surface area (Å²) in [5, 5.41) is 0. The van der Waals surface area contributed by atoms with Crippen molar-refractivity contribution in [2.75, 3.05) is 6.61 Å². The normalized spacial score (nSPS) is 11.2. The maximum absolute atomic E-state index is 14.1. The number of halogens is 2. The van der Waals surface area contributed by atoms with Crippen molar-refractivity contribution in [3.63, 3.8) is 0 Å². The summed E-state index contributed by atoms with van der Waals surface area (Å²) < 4.78 is 34.2. The van der Waals surface area contributed by atoms with Gasteiger partial charge in [-0.3, -0.25) is 4.79 Å². The predicted molar refractivity (Wildman–Crippen MR) is 175 cm³/mol. The molecule has 45 heavy (non-hydrogen) atoms. The SMILES string of the molecule is O=C(c1ccc(CCCOc2ccc(C(c3ccccc3)(c3ccccc3)c3ccccc3)cc2)cc1)c1c(F)cccc1F. The van der Waals surface area contributed by atoms with Crippen LogP contribution in [-0.2, 0) is 11.8 Å². The Kier molecular flexibility index (Phi) is 8.93. The summed E-state index contributed by atoms with van der Waals surface area (Å²) in [7, 11) is 0. The number of benzene rings is 6. The van der Waals surface area contributed by atoms with E-state index in [2.05, 4.69) is 84.9 Å². The summed E-state index contributed by atoms with van der Waals surface area (Å²) >= 11 is 0. The molecule has 0 atom stereocenters. The molecule has 0 unspecified atom stereocenters. The van der Waals surface area contributed by atoms with Crippen LogP contribution in [-0.4, -0.2) is 12.4 Å². The molecule has 0 saturated heterocycles. The zero-order valence-electron chi connectivity index (χ0n) is 24.7. The maximum Gasteiger partial charge on any atom is 0.198 e. The molecule has 2 nitrogen and oxygen atoms in total. The number of ether oxygens (including phenoxy) is 1. The summed E-state index contributed by atoms with van der Waals surface area (Å²) in [6, 6.07) is 50.4. The van der Waals surface area contributed by atoms with E-state index in [1.165, 1.54) is 22.8 Å². The first-order chi connectivity index (χ1) is 22.1. The summed E-state index contributed by atoms with van der Waals surface area (Å²) in [6.07, 6.45) is 1.50. The Hall–Kier alpha value is -5.35. The molecule has 6 aromatic carbocycles. The lowest BCUT2D eigenvalue weighted by Crippen LogP contribution is -2.30. The molecule has 0 aliphatic rings. The fourth-order valence-electron chi connectivity index (χ4n) is 6.01. The van der Waals surface area contributed by atoms with Crippen LogP contribution in [0.15, 0.2) is 158 Å². The Morgan fingerprint density at radius 1 is 0.533 bits per heavy atom. The minimum Gasteiger partial charge on any atom is -0.494 e. The molecule has 4 heteroatoms. The lowest BCUT2D eigenvalue weighted by Gasteiger charge is -2.36. The van der Waals surface area contributed by atoms with E-state index >= 15 is 0 Å². The highest BCUT2D eigenvalue weighted by atomic mass is 19.1. The average Bonchev–Trinajstić information content (AvgIpc) is 3.09. The highest BCUT2D eigenvalue weighted by Gasteiger charge is 2.38. The third-order valence-electron chi connectivity index (χ3n) is 8.19. The van der Waals surface area contributed by atoms with Crippen molar-refractivity contribution in [1.29, 1.82) is 0 Å². The number of carbonyl (C=O) groups excluding carboxylic acids is 1. The van der Waals surface area contributed by atoms with Crippen molar-refractivity contribution < 1.29 is 18.3 Å². The van der Waals surface area contributed by atoms with E-state index in [1.807, 2.05) is 42.5 Å². The fraction of sp³-hybridized carbons (Fsp3) is 0.0976. The van der Waals surface area contributed by atoms with Crippen LogP contribution in [0.4, 0.5) is 8.78 Å². The third-order valence-corrected chi connectivity index (χ3v) is 8.19. The van der Waals surface area contributed by atoms with Gasteiger partial charge >= 0.3 is 0 Å². The quantitative estimate of drug-likeness (QED) is 0.0848. The average molecular weight is 595 g/mol. The Bertz CT molecular complexity index is 1730. The number of hydrogen-bond acceptors (Lipinski definition) is 2. The van der Waals surface area contributed by atoms with Crippen LogP contribution in [0, 0.1) is 11.6 Å². The lowest BCUT2D eigenvalue weighted by atomic mass is 9.65. The minimum absolute atomic E-state index is 0.247. The molecule has 0 aromatic heterocycles. The molecule has 6 aromatic rings. The predicted octanol–water partition coefficient (Wildman–Crippen LogP) is 9.59. The molecule has 0 radical (unpaired) electrons. The van der Waals surface area contributed by atoms with Gasteiger partial charge in [0.15, 0.2) is 5.78 Å². The summed E-state index contributed by atoms with van der Waals surface area (Å²) in [5.41, 5.74) is 4.91. The molecule has 0 saturated carbocycles. The first-order valence-electron chi connectivity index (χ1n) is 15.0. The minimum atomic E-state index is -0.861. The molecule has 0 heterocycles. The molecule has 6 rings (SSSR count). The van der Waals surface area contributed by atoms with E-state index in [1.54, 1.807) is 12.1 Å². The van der Waals surface area contributed by atoms with Gasteiger partial charge in [-0.05, 0) is 64.9 Å². The number of aryl methyl sites for hydroxylation is 1. The highest BCUT2D eigenvalue weighted by Crippen LogP contribution is 2.45. The van der Waals surface area contributed by atoms with Crippen molar-refractivity contribution in [2.24, 2.45) is 0 Å². The van der Waals surface area contributed by atoms with E-state index in [0.29, 0.717) is 6.61 Å². The second-order valence-electron chi connectivity index (χ2n) is 10.9. The van der Waals surface area contributed by atoms with Gasteiger partial charge in [-0.2, -0.15) is 0 Å². The summed E-state index contributed by atoms with van der Waals surface area (Å²) in [5.74, 6) is -1.60. The summed E-state index contributed by atoms with van der Waals surface area (Å²) in [6.45, 7) is 0.516. The first kappa shape index (κ1) is 29.7. The monoisotopic (exact) mass is 594 g/mol. The standard InChI is InChI=1S/C41H32F2O2/c42-37-19-10-20-38(43)39(37)40(44)31-23-21-30(22-24-31)12-11-29-45-36-27-25-35(26-28-36)41(32-13-4-1-5-14-32,33-15-6-2-7-16-33)34-17-8-3-9-18-34/h1-10,13-28H,11-12,29H2. The zero-order chi connectivity index (χ0) is 31.1. The second kappa shape index (κ2) is 13.5.